The molecule has 3 rings (SSSR count). The minimum atomic E-state index is -0.454. The Labute approximate surface area is 137 Å². The van der Waals surface area contributed by atoms with E-state index in [0.717, 1.165) is 4.88 Å². The second kappa shape index (κ2) is 6.50. The van der Waals surface area contributed by atoms with Gasteiger partial charge in [0.25, 0.3) is 0 Å². The smallest absolute Gasteiger partial charge is 0.227 e. The summed E-state index contributed by atoms with van der Waals surface area (Å²) in [5.41, 5.74) is 0.235. The molecule has 0 unspecified atom stereocenters. The van der Waals surface area contributed by atoms with Gasteiger partial charge in [-0.15, -0.1) is 11.3 Å². The first-order valence-corrected chi connectivity index (χ1v) is 8.33. The molecule has 0 saturated carbocycles. The van der Waals surface area contributed by atoms with Crippen LogP contribution in [0.2, 0.25) is 0 Å². The molecule has 1 aliphatic rings. The predicted octanol–water partition coefficient (Wildman–Crippen LogP) is 3.12. The van der Waals surface area contributed by atoms with E-state index in [9.17, 15) is 14.0 Å². The lowest BCUT2D eigenvalue weighted by Gasteiger charge is -2.18. The molecule has 1 aromatic carbocycles. The molecule has 4 nitrogen and oxygen atoms in total. The van der Waals surface area contributed by atoms with Crippen LogP contribution < -0.4 is 10.2 Å². The Morgan fingerprint density at radius 2 is 2.13 bits per heavy atom. The molecular weight excluding hydrogens is 315 g/mol. The maximum atomic E-state index is 13.8. The van der Waals surface area contributed by atoms with Crippen molar-refractivity contribution in [1.29, 1.82) is 0 Å². The molecule has 2 atom stereocenters. The molecule has 6 heteroatoms. The number of anilines is 1. The molecule has 2 heterocycles. The van der Waals surface area contributed by atoms with Gasteiger partial charge in [0.1, 0.15) is 5.82 Å². The van der Waals surface area contributed by atoms with Crippen molar-refractivity contribution in [1.82, 2.24) is 5.32 Å². The third-order valence-corrected chi connectivity index (χ3v) is 5.02. The standard InChI is InChI=1S/C17H17FN2O2S/c1-11(15-7-4-8-23-15)19-17(22)12-9-16(21)20(10-12)14-6-3-2-5-13(14)18/h2-8,11-12H,9-10H2,1H3,(H,19,22)/t11-,12+/m0/s1. The highest BCUT2D eigenvalue weighted by molar-refractivity contribution is 7.10. The van der Waals surface area contributed by atoms with Crippen LogP contribution in [0.3, 0.4) is 0 Å². The van der Waals surface area contributed by atoms with E-state index >= 15 is 0 Å². The van der Waals surface area contributed by atoms with Crippen molar-refractivity contribution >= 4 is 28.8 Å². The van der Waals surface area contributed by atoms with Crippen LogP contribution in [0.1, 0.15) is 24.3 Å². The number of nitrogens with one attached hydrogen (secondary N) is 1. The van der Waals surface area contributed by atoms with Gasteiger partial charge < -0.3 is 10.2 Å². The Morgan fingerprint density at radius 3 is 2.83 bits per heavy atom. The van der Waals surface area contributed by atoms with Crippen LogP contribution in [0.4, 0.5) is 10.1 Å². The lowest BCUT2D eigenvalue weighted by Crippen LogP contribution is -2.34. The normalized spacial score (nSPS) is 19.0. The Hall–Kier alpha value is -2.21. The molecule has 0 bridgehead atoms. The van der Waals surface area contributed by atoms with E-state index in [1.54, 1.807) is 29.5 Å². The van der Waals surface area contributed by atoms with Crippen molar-refractivity contribution in [3.05, 3.63) is 52.5 Å². The SMILES string of the molecule is C[C@H](NC(=O)[C@@H]1CC(=O)N(c2ccccc2F)C1)c1cccs1. The summed E-state index contributed by atoms with van der Waals surface area (Å²) in [6.07, 6.45) is 0.108. The summed E-state index contributed by atoms with van der Waals surface area (Å²) in [6, 6.07) is 9.92. The number of amides is 2. The van der Waals surface area contributed by atoms with Gasteiger partial charge in [0.05, 0.1) is 17.6 Å². The number of rotatable bonds is 4. The molecule has 2 aromatic rings. The van der Waals surface area contributed by atoms with Crippen LogP contribution in [-0.4, -0.2) is 18.4 Å². The second-order valence-corrected chi connectivity index (χ2v) is 6.58. The van der Waals surface area contributed by atoms with Gasteiger partial charge in [-0.05, 0) is 30.5 Å². The highest BCUT2D eigenvalue weighted by atomic mass is 32.1. The Kier molecular flexibility index (Phi) is 4.43. The lowest BCUT2D eigenvalue weighted by molar-refractivity contribution is -0.126. The van der Waals surface area contributed by atoms with E-state index in [0.29, 0.717) is 0 Å². The average molecular weight is 332 g/mol. The fourth-order valence-electron chi connectivity index (χ4n) is 2.73. The molecule has 1 saturated heterocycles. The van der Waals surface area contributed by atoms with Crippen LogP contribution in [-0.2, 0) is 9.59 Å². The molecule has 1 aromatic heterocycles. The predicted molar refractivity (Wildman–Crippen MR) is 87.7 cm³/mol. The van der Waals surface area contributed by atoms with Crippen molar-refractivity contribution in [2.75, 3.05) is 11.4 Å². The quantitative estimate of drug-likeness (QED) is 0.935. The summed E-state index contributed by atoms with van der Waals surface area (Å²) in [5.74, 6) is -1.30. The molecule has 23 heavy (non-hydrogen) atoms. The molecule has 1 aliphatic heterocycles. The summed E-state index contributed by atoms with van der Waals surface area (Å²) in [6.45, 7) is 2.12. The van der Waals surface area contributed by atoms with E-state index in [-0.39, 0.29) is 36.5 Å². The van der Waals surface area contributed by atoms with E-state index in [2.05, 4.69) is 5.32 Å². The third-order valence-electron chi connectivity index (χ3n) is 3.97. The van der Waals surface area contributed by atoms with Crippen molar-refractivity contribution < 1.29 is 14.0 Å². The van der Waals surface area contributed by atoms with E-state index < -0.39 is 11.7 Å². The fraction of sp³-hybridized carbons (Fsp3) is 0.294. The third kappa shape index (κ3) is 3.27. The van der Waals surface area contributed by atoms with Gasteiger partial charge >= 0.3 is 0 Å². The van der Waals surface area contributed by atoms with Gasteiger partial charge in [-0.1, -0.05) is 18.2 Å². The number of hydrogen-bond acceptors (Lipinski definition) is 3. The monoisotopic (exact) mass is 332 g/mol. The average Bonchev–Trinajstić information content (AvgIpc) is 3.17. The minimum absolute atomic E-state index is 0.0971. The summed E-state index contributed by atoms with van der Waals surface area (Å²) < 4.78 is 13.8. The molecule has 1 N–H and O–H groups in total. The minimum Gasteiger partial charge on any atom is -0.348 e. The van der Waals surface area contributed by atoms with Crippen molar-refractivity contribution in [2.24, 2.45) is 5.92 Å². The number of carbonyl (C=O) groups is 2. The van der Waals surface area contributed by atoms with Crippen LogP contribution >= 0.6 is 11.3 Å². The van der Waals surface area contributed by atoms with E-state index in [1.165, 1.54) is 11.0 Å². The number of hydrogen-bond donors (Lipinski definition) is 1. The molecular formula is C17H17FN2O2S. The van der Waals surface area contributed by atoms with Gasteiger partial charge in [-0.25, -0.2) is 4.39 Å². The van der Waals surface area contributed by atoms with E-state index in [4.69, 9.17) is 0 Å². The van der Waals surface area contributed by atoms with Gasteiger partial charge in [-0.2, -0.15) is 0 Å². The van der Waals surface area contributed by atoms with Crippen molar-refractivity contribution in [3.63, 3.8) is 0 Å². The number of para-hydroxylation sites is 1. The highest BCUT2D eigenvalue weighted by Crippen LogP contribution is 2.28. The van der Waals surface area contributed by atoms with Crippen molar-refractivity contribution in [2.45, 2.75) is 19.4 Å². The van der Waals surface area contributed by atoms with Crippen molar-refractivity contribution in [3.8, 4) is 0 Å². The molecule has 0 aliphatic carbocycles. The van der Waals surface area contributed by atoms with Crippen LogP contribution in [0.15, 0.2) is 41.8 Å². The zero-order chi connectivity index (χ0) is 16.4. The zero-order valence-electron chi connectivity index (χ0n) is 12.7. The number of thiophene rings is 1. The van der Waals surface area contributed by atoms with Gasteiger partial charge in [0.2, 0.25) is 11.8 Å². The van der Waals surface area contributed by atoms with E-state index in [1.807, 2.05) is 24.4 Å². The summed E-state index contributed by atoms with van der Waals surface area (Å²) >= 11 is 1.57. The summed E-state index contributed by atoms with van der Waals surface area (Å²) in [4.78, 5) is 26.9. The number of nitrogens with zero attached hydrogens (tertiary/aromatic N) is 1. The molecule has 0 spiro atoms. The summed E-state index contributed by atoms with van der Waals surface area (Å²) in [5, 5.41) is 4.89. The van der Waals surface area contributed by atoms with Gasteiger partial charge in [0, 0.05) is 17.8 Å². The molecule has 0 radical (unpaired) electrons. The topological polar surface area (TPSA) is 49.4 Å². The first-order valence-electron chi connectivity index (χ1n) is 7.45. The first-order chi connectivity index (χ1) is 11.1. The highest BCUT2D eigenvalue weighted by Gasteiger charge is 2.36. The Morgan fingerprint density at radius 1 is 1.35 bits per heavy atom. The Bertz CT molecular complexity index is 717. The zero-order valence-corrected chi connectivity index (χ0v) is 13.5. The maximum absolute atomic E-state index is 13.8. The number of carbonyl (C=O) groups excluding carboxylic acids is 2. The Balaban J connectivity index is 1.67. The summed E-state index contributed by atoms with van der Waals surface area (Å²) in [7, 11) is 0. The first kappa shape index (κ1) is 15.7. The van der Waals surface area contributed by atoms with Gasteiger partial charge in [-0.3, -0.25) is 9.59 Å². The van der Waals surface area contributed by atoms with Crippen LogP contribution in [0, 0.1) is 11.7 Å². The maximum Gasteiger partial charge on any atom is 0.227 e. The van der Waals surface area contributed by atoms with Crippen LogP contribution in [0.5, 0.6) is 0 Å². The lowest BCUT2D eigenvalue weighted by atomic mass is 10.1. The van der Waals surface area contributed by atoms with Gasteiger partial charge in [0.15, 0.2) is 0 Å². The molecule has 1 fully saturated rings. The second-order valence-electron chi connectivity index (χ2n) is 5.60. The molecule has 120 valence electrons. The fourth-order valence-corrected chi connectivity index (χ4v) is 3.46. The molecule has 2 amide bonds. The largest absolute Gasteiger partial charge is 0.348 e. The number of benzene rings is 1. The number of halogens is 1. The van der Waals surface area contributed by atoms with Crippen LogP contribution in [0.25, 0.3) is 0 Å².